The minimum atomic E-state index is 0.577. The standard InChI is InChI=1S/C27H39N5/c1-29-11-3-13-31(17-15-29)21-23-5-8-25(9-6-23)27-10-7-24(19-26(27)20-28)22-32-14-4-12-30(2)16-18-32/h5,7-10,19,23H,3-4,6,11-18,21-22H2,1-2H3. The van der Waals surface area contributed by atoms with E-state index in [1.807, 2.05) is 0 Å². The average Bonchev–Trinajstić information content (AvgIpc) is 3.14. The molecule has 2 saturated heterocycles. The number of nitrogens with zero attached hydrogens (tertiary/aromatic N) is 5. The van der Waals surface area contributed by atoms with Gasteiger partial charge >= 0.3 is 0 Å². The van der Waals surface area contributed by atoms with Gasteiger partial charge in [-0.25, -0.2) is 0 Å². The van der Waals surface area contributed by atoms with Crippen LogP contribution in [0.4, 0.5) is 0 Å². The summed E-state index contributed by atoms with van der Waals surface area (Å²) < 4.78 is 0. The fourth-order valence-corrected chi connectivity index (χ4v) is 5.16. The Morgan fingerprint density at radius 3 is 2.31 bits per heavy atom. The molecular formula is C27H39N5. The zero-order chi connectivity index (χ0) is 22.3. The first-order chi connectivity index (χ1) is 15.6. The van der Waals surface area contributed by atoms with Crippen molar-refractivity contribution in [2.45, 2.75) is 25.8 Å². The highest BCUT2D eigenvalue weighted by atomic mass is 15.2. The molecule has 1 unspecified atom stereocenters. The third-order valence-electron chi connectivity index (χ3n) is 7.23. The zero-order valence-corrected chi connectivity index (χ0v) is 20.0. The Morgan fingerprint density at radius 2 is 1.62 bits per heavy atom. The molecule has 0 spiro atoms. The van der Waals surface area contributed by atoms with Crippen molar-refractivity contribution in [3.05, 3.63) is 53.1 Å². The van der Waals surface area contributed by atoms with E-state index in [0.29, 0.717) is 5.92 Å². The molecule has 3 aliphatic rings. The molecule has 1 aromatic carbocycles. The van der Waals surface area contributed by atoms with Crippen molar-refractivity contribution in [2.24, 2.45) is 5.92 Å². The Morgan fingerprint density at radius 1 is 0.906 bits per heavy atom. The van der Waals surface area contributed by atoms with E-state index in [-0.39, 0.29) is 0 Å². The number of hydrogen-bond acceptors (Lipinski definition) is 5. The third-order valence-corrected chi connectivity index (χ3v) is 7.23. The second-order valence-corrected chi connectivity index (χ2v) is 9.90. The van der Waals surface area contributed by atoms with E-state index < -0.39 is 0 Å². The highest BCUT2D eigenvalue weighted by Gasteiger charge is 2.19. The van der Waals surface area contributed by atoms with Gasteiger partial charge in [0, 0.05) is 39.3 Å². The van der Waals surface area contributed by atoms with Crippen LogP contribution in [0.3, 0.4) is 0 Å². The largest absolute Gasteiger partial charge is 0.305 e. The summed E-state index contributed by atoms with van der Waals surface area (Å²) in [6.45, 7) is 11.4. The first-order valence-electron chi connectivity index (χ1n) is 12.3. The number of nitriles is 1. The molecule has 5 nitrogen and oxygen atoms in total. The van der Waals surface area contributed by atoms with Gasteiger partial charge in [-0.15, -0.1) is 0 Å². The SMILES string of the molecule is CN1CCCN(Cc2ccc(C3=CCC(CN4CCCN(C)CC4)C=C3)c(C#N)c2)CC1. The van der Waals surface area contributed by atoms with Crippen molar-refractivity contribution in [3.8, 4) is 6.07 Å². The van der Waals surface area contributed by atoms with Gasteiger partial charge in [0.2, 0.25) is 0 Å². The summed E-state index contributed by atoms with van der Waals surface area (Å²) in [4.78, 5) is 9.98. The quantitative estimate of drug-likeness (QED) is 0.712. The van der Waals surface area contributed by atoms with Crippen molar-refractivity contribution in [3.63, 3.8) is 0 Å². The van der Waals surface area contributed by atoms with E-state index in [1.54, 1.807) is 0 Å². The molecule has 1 aliphatic carbocycles. The molecular weight excluding hydrogens is 394 g/mol. The van der Waals surface area contributed by atoms with E-state index in [1.165, 1.54) is 56.7 Å². The van der Waals surface area contributed by atoms with Crippen LogP contribution in [0.5, 0.6) is 0 Å². The molecule has 0 radical (unpaired) electrons. The van der Waals surface area contributed by atoms with E-state index in [4.69, 9.17) is 0 Å². The fraction of sp³-hybridized carbons (Fsp3) is 0.593. The molecule has 1 atom stereocenters. The Bertz CT molecular complexity index is 867. The van der Waals surface area contributed by atoms with Crippen LogP contribution in [0, 0.1) is 17.2 Å². The maximum Gasteiger partial charge on any atom is 0.0998 e. The lowest BCUT2D eigenvalue weighted by Crippen LogP contribution is -2.32. The maximum atomic E-state index is 9.84. The van der Waals surface area contributed by atoms with Crippen LogP contribution in [0.2, 0.25) is 0 Å². The molecule has 2 fully saturated rings. The van der Waals surface area contributed by atoms with Crippen molar-refractivity contribution in [1.82, 2.24) is 19.6 Å². The number of likely N-dealkylation sites (N-methyl/N-ethyl adjacent to an activating group) is 2. The molecule has 0 N–H and O–H groups in total. The average molecular weight is 434 g/mol. The number of rotatable bonds is 5. The topological polar surface area (TPSA) is 36.8 Å². The molecule has 0 aromatic heterocycles. The van der Waals surface area contributed by atoms with Gasteiger partial charge in [-0.2, -0.15) is 5.26 Å². The van der Waals surface area contributed by atoms with Crippen LogP contribution in [-0.4, -0.2) is 92.6 Å². The lowest BCUT2D eigenvalue weighted by Gasteiger charge is -2.26. The number of benzene rings is 1. The molecule has 172 valence electrons. The normalized spacial score (nSPS) is 24.5. The van der Waals surface area contributed by atoms with Crippen LogP contribution in [0.15, 0.2) is 36.4 Å². The Labute approximate surface area is 194 Å². The smallest absolute Gasteiger partial charge is 0.0998 e. The highest BCUT2D eigenvalue weighted by molar-refractivity contribution is 5.78. The molecule has 0 amide bonds. The second kappa shape index (κ2) is 11.2. The Hall–Kier alpha value is -1.97. The van der Waals surface area contributed by atoms with Gasteiger partial charge in [0.1, 0.15) is 0 Å². The Kier molecular flexibility index (Phi) is 8.15. The van der Waals surface area contributed by atoms with Gasteiger partial charge in [0.15, 0.2) is 0 Å². The van der Waals surface area contributed by atoms with Gasteiger partial charge in [-0.1, -0.05) is 30.4 Å². The van der Waals surface area contributed by atoms with Crippen LogP contribution >= 0.6 is 0 Å². The lowest BCUT2D eigenvalue weighted by molar-refractivity contribution is 0.252. The van der Waals surface area contributed by atoms with E-state index in [2.05, 4.69) is 76.2 Å². The first kappa shape index (κ1) is 23.2. The van der Waals surface area contributed by atoms with Gasteiger partial charge in [0.25, 0.3) is 0 Å². The van der Waals surface area contributed by atoms with E-state index >= 15 is 0 Å². The van der Waals surface area contributed by atoms with Crippen molar-refractivity contribution in [2.75, 3.05) is 73.0 Å². The van der Waals surface area contributed by atoms with Gasteiger partial charge in [-0.3, -0.25) is 4.90 Å². The predicted octanol–water partition coefficient (Wildman–Crippen LogP) is 3.29. The molecule has 4 rings (SSSR count). The number of hydrogen-bond donors (Lipinski definition) is 0. The molecule has 2 heterocycles. The van der Waals surface area contributed by atoms with Crippen molar-refractivity contribution in [1.29, 1.82) is 5.26 Å². The predicted molar refractivity (Wildman–Crippen MR) is 132 cm³/mol. The molecule has 5 heteroatoms. The molecule has 2 aliphatic heterocycles. The summed E-state index contributed by atoms with van der Waals surface area (Å²) in [5.41, 5.74) is 4.34. The molecule has 1 aromatic rings. The van der Waals surface area contributed by atoms with Gasteiger partial charge < -0.3 is 14.7 Å². The first-order valence-corrected chi connectivity index (χ1v) is 12.3. The second-order valence-electron chi connectivity index (χ2n) is 9.90. The van der Waals surface area contributed by atoms with E-state index in [9.17, 15) is 5.26 Å². The summed E-state index contributed by atoms with van der Waals surface area (Å²) in [7, 11) is 4.43. The minimum absolute atomic E-state index is 0.577. The minimum Gasteiger partial charge on any atom is -0.305 e. The van der Waals surface area contributed by atoms with Crippen molar-refractivity contribution >= 4 is 5.57 Å². The summed E-state index contributed by atoms with van der Waals surface area (Å²) in [5, 5.41) is 9.84. The van der Waals surface area contributed by atoms with Crippen LogP contribution in [0.1, 0.15) is 36.0 Å². The maximum absolute atomic E-state index is 9.84. The molecule has 0 bridgehead atoms. The van der Waals surface area contributed by atoms with Crippen LogP contribution in [0.25, 0.3) is 5.57 Å². The van der Waals surface area contributed by atoms with Crippen molar-refractivity contribution < 1.29 is 0 Å². The van der Waals surface area contributed by atoms with Gasteiger partial charge in [0.05, 0.1) is 11.6 Å². The van der Waals surface area contributed by atoms with E-state index in [0.717, 1.165) is 50.3 Å². The highest BCUT2D eigenvalue weighted by Crippen LogP contribution is 2.28. The zero-order valence-electron chi connectivity index (χ0n) is 20.0. The van der Waals surface area contributed by atoms with Crippen LogP contribution < -0.4 is 0 Å². The fourth-order valence-electron chi connectivity index (χ4n) is 5.16. The summed E-state index contributed by atoms with van der Waals surface area (Å²) in [5.74, 6) is 0.577. The Balaban J connectivity index is 1.36. The lowest BCUT2D eigenvalue weighted by atomic mass is 9.90. The molecule has 0 saturated carbocycles. The third kappa shape index (κ3) is 6.30. The molecule has 32 heavy (non-hydrogen) atoms. The van der Waals surface area contributed by atoms with Crippen LogP contribution in [-0.2, 0) is 6.54 Å². The summed E-state index contributed by atoms with van der Waals surface area (Å²) in [6.07, 6.45) is 10.5. The monoisotopic (exact) mass is 433 g/mol. The van der Waals surface area contributed by atoms with Gasteiger partial charge in [-0.05, 0) is 88.2 Å². The summed E-state index contributed by atoms with van der Waals surface area (Å²) in [6, 6.07) is 8.96. The summed E-state index contributed by atoms with van der Waals surface area (Å²) >= 11 is 0. The number of allylic oxidation sites excluding steroid dienone is 3.